The van der Waals surface area contributed by atoms with Gasteiger partial charge in [-0.05, 0) is 19.3 Å². The Morgan fingerprint density at radius 1 is 1.53 bits per heavy atom. The molecule has 2 aliphatic rings. The van der Waals surface area contributed by atoms with Gasteiger partial charge in [-0.1, -0.05) is 26.0 Å². The molecule has 0 heterocycles. The van der Waals surface area contributed by atoms with Gasteiger partial charge in [0.2, 0.25) is 0 Å². The molecule has 0 aromatic carbocycles. The second kappa shape index (κ2) is 3.73. The highest BCUT2D eigenvalue weighted by atomic mass is 16.5. The van der Waals surface area contributed by atoms with Crippen molar-refractivity contribution in [3.63, 3.8) is 0 Å². The fourth-order valence-corrected chi connectivity index (χ4v) is 3.48. The monoisotopic (exact) mass is 231 g/mol. The van der Waals surface area contributed by atoms with Crippen LogP contribution in [0, 0.1) is 22.2 Å². The highest BCUT2D eigenvalue weighted by Gasteiger charge is 2.58. The minimum atomic E-state index is -0.247. The lowest BCUT2D eigenvalue weighted by atomic mass is 9.62. The summed E-state index contributed by atoms with van der Waals surface area (Å²) in [5.41, 5.74) is 1.12. The summed E-state index contributed by atoms with van der Waals surface area (Å²) in [5, 5.41) is 9.21. The number of allylic oxidation sites excluding steroid dienone is 3. The van der Waals surface area contributed by atoms with Crippen molar-refractivity contribution in [3.05, 3.63) is 23.3 Å². The number of esters is 1. The van der Waals surface area contributed by atoms with Gasteiger partial charge in [-0.2, -0.15) is 5.26 Å². The quantitative estimate of drug-likeness (QED) is 0.686. The van der Waals surface area contributed by atoms with E-state index in [1.807, 2.05) is 12.2 Å². The Balaban J connectivity index is 2.48. The van der Waals surface area contributed by atoms with Crippen molar-refractivity contribution in [1.29, 1.82) is 5.26 Å². The maximum Gasteiger partial charge on any atom is 0.334 e. The Bertz CT molecular complexity index is 469. The van der Waals surface area contributed by atoms with Crippen molar-refractivity contribution < 1.29 is 9.53 Å². The molecular formula is C14H17NO2. The molecule has 0 unspecified atom stereocenters. The molecule has 0 bridgehead atoms. The first-order valence-electron chi connectivity index (χ1n) is 5.95. The van der Waals surface area contributed by atoms with Crippen LogP contribution in [0.5, 0.6) is 0 Å². The number of rotatable bonds is 2. The van der Waals surface area contributed by atoms with Crippen molar-refractivity contribution in [3.8, 4) is 6.07 Å². The van der Waals surface area contributed by atoms with Crippen LogP contribution in [0.2, 0.25) is 0 Å². The predicted octanol–water partition coefficient (Wildman–Crippen LogP) is 2.75. The van der Waals surface area contributed by atoms with E-state index in [1.54, 1.807) is 0 Å². The Morgan fingerprint density at radius 2 is 2.24 bits per heavy atom. The summed E-state index contributed by atoms with van der Waals surface area (Å²) in [7, 11) is 1.41. The number of carbonyl (C=O) groups excluding carboxylic acids is 1. The summed E-state index contributed by atoms with van der Waals surface area (Å²) in [6.07, 6.45) is 6.32. The third kappa shape index (κ3) is 1.24. The van der Waals surface area contributed by atoms with Crippen molar-refractivity contribution in [2.45, 2.75) is 33.1 Å². The normalized spacial score (nSPS) is 34.7. The third-order valence-corrected chi connectivity index (χ3v) is 4.66. The molecule has 2 atom stereocenters. The second-order valence-corrected chi connectivity index (χ2v) is 5.01. The van der Waals surface area contributed by atoms with E-state index >= 15 is 0 Å². The van der Waals surface area contributed by atoms with E-state index in [0.717, 1.165) is 30.4 Å². The number of methoxy groups -OCH3 is 1. The first-order chi connectivity index (χ1) is 8.05. The molecule has 2 aliphatic carbocycles. The number of fused-ring (bicyclic) bond motifs is 1. The average molecular weight is 231 g/mol. The molecule has 3 heteroatoms. The maximum absolute atomic E-state index is 11.9. The van der Waals surface area contributed by atoms with Crippen LogP contribution in [0.15, 0.2) is 23.3 Å². The van der Waals surface area contributed by atoms with Gasteiger partial charge >= 0.3 is 5.97 Å². The smallest absolute Gasteiger partial charge is 0.334 e. The van der Waals surface area contributed by atoms with E-state index in [0.29, 0.717) is 0 Å². The predicted molar refractivity (Wildman–Crippen MR) is 63.9 cm³/mol. The third-order valence-electron chi connectivity index (χ3n) is 4.66. The van der Waals surface area contributed by atoms with E-state index in [9.17, 15) is 10.1 Å². The summed E-state index contributed by atoms with van der Waals surface area (Å²) in [5.74, 6) is -0.247. The first-order valence-corrected chi connectivity index (χ1v) is 5.95. The Labute approximate surface area is 102 Å². The second-order valence-electron chi connectivity index (χ2n) is 5.01. The largest absolute Gasteiger partial charge is 0.466 e. The van der Waals surface area contributed by atoms with Gasteiger partial charge in [0.1, 0.15) is 0 Å². The maximum atomic E-state index is 11.9. The van der Waals surface area contributed by atoms with Gasteiger partial charge in [0, 0.05) is 22.0 Å². The Hall–Kier alpha value is -1.56. The average Bonchev–Trinajstić information content (AvgIpc) is 2.78. The van der Waals surface area contributed by atoms with Crippen LogP contribution in [-0.2, 0) is 9.53 Å². The molecule has 0 saturated heterocycles. The van der Waals surface area contributed by atoms with Gasteiger partial charge in [0.25, 0.3) is 0 Å². The van der Waals surface area contributed by atoms with Crippen LogP contribution in [0.3, 0.4) is 0 Å². The molecule has 0 aliphatic heterocycles. The zero-order valence-electron chi connectivity index (χ0n) is 10.5. The fraction of sp³-hybridized carbons (Fsp3) is 0.571. The topological polar surface area (TPSA) is 50.1 Å². The van der Waals surface area contributed by atoms with Gasteiger partial charge in [0.15, 0.2) is 0 Å². The number of ether oxygens (including phenoxy) is 1. The number of hydrogen-bond acceptors (Lipinski definition) is 3. The molecule has 0 radical (unpaired) electrons. The fourth-order valence-electron chi connectivity index (χ4n) is 3.48. The molecule has 0 N–H and O–H groups in total. The summed E-state index contributed by atoms with van der Waals surface area (Å²) < 4.78 is 4.87. The summed E-state index contributed by atoms with van der Waals surface area (Å²) in [6.45, 7) is 4.17. The summed E-state index contributed by atoms with van der Waals surface area (Å²) in [6, 6.07) is 2.29. The van der Waals surface area contributed by atoms with E-state index in [2.05, 4.69) is 19.9 Å². The minimum Gasteiger partial charge on any atom is -0.466 e. The zero-order chi connectivity index (χ0) is 12.7. The molecule has 17 heavy (non-hydrogen) atoms. The number of hydrogen-bond donors (Lipinski definition) is 0. The molecule has 0 fully saturated rings. The highest BCUT2D eigenvalue weighted by Crippen LogP contribution is 2.64. The summed E-state index contributed by atoms with van der Waals surface area (Å²) in [4.78, 5) is 11.9. The van der Waals surface area contributed by atoms with Crippen LogP contribution >= 0.6 is 0 Å². The van der Waals surface area contributed by atoms with Crippen molar-refractivity contribution in [1.82, 2.24) is 0 Å². The SMILES string of the molecule is CC[C@@]12CC=C(C#N)[C@]1(C)CC=C2C(=O)OC. The van der Waals surface area contributed by atoms with E-state index < -0.39 is 0 Å². The van der Waals surface area contributed by atoms with Gasteiger partial charge in [0.05, 0.1) is 13.2 Å². The Morgan fingerprint density at radius 3 is 2.76 bits per heavy atom. The Kier molecular flexibility index (Phi) is 2.61. The van der Waals surface area contributed by atoms with Crippen LogP contribution in [0.25, 0.3) is 0 Å². The molecule has 90 valence electrons. The molecule has 3 nitrogen and oxygen atoms in total. The zero-order valence-corrected chi connectivity index (χ0v) is 10.5. The summed E-state index contributed by atoms with van der Waals surface area (Å²) >= 11 is 0. The van der Waals surface area contributed by atoms with E-state index in [-0.39, 0.29) is 16.8 Å². The standard InChI is InChI=1S/C14H17NO2/c1-4-14-8-5-10(9-15)13(14,2)7-6-11(14)12(16)17-3/h5-6H,4,7-8H2,1-3H3/t13-,14-/m0/s1. The molecule has 0 aromatic rings. The van der Waals surface area contributed by atoms with Crippen molar-refractivity contribution in [2.75, 3.05) is 7.11 Å². The van der Waals surface area contributed by atoms with Gasteiger partial charge < -0.3 is 4.74 Å². The number of nitrogens with zero attached hydrogens (tertiary/aromatic N) is 1. The van der Waals surface area contributed by atoms with Gasteiger partial charge in [-0.25, -0.2) is 4.79 Å². The lowest BCUT2D eigenvalue weighted by Crippen LogP contribution is -2.36. The molecule has 0 spiro atoms. The van der Waals surface area contributed by atoms with Crippen LogP contribution in [-0.4, -0.2) is 13.1 Å². The highest BCUT2D eigenvalue weighted by molar-refractivity contribution is 5.91. The van der Waals surface area contributed by atoms with Gasteiger partial charge in [-0.15, -0.1) is 0 Å². The lowest BCUT2D eigenvalue weighted by molar-refractivity contribution is -0.137. The number of carbonyl (C=O) groups is 1. The van der Waals surface area contributed by atoms with Gasteiger partial charge in [-0.3, -0.25) is 0 Å². The van der Waals surface area contributed by atoms with Crippen molar-refractivity contribution in [2.24, 2.45) is 10.8 Å². The molecule has 2 rings (SSSR count). The van der Waals surface area contributed by atoms with Crippen LogP contribution in [0.4, 0.5) is 0 Å². The van der Waals surface area contributed by atoms with E-state index in [1.165, 1.54) is 7.11 Å². The first kappa shape index (κ1) is 11.9. The van der Waals surface area contributed by atoms with Crippen LogP contribution in [0.1, 0.15) is 33.1 Å². The number of nitriles is 1. The van der Waals surface area contributed by atoms with E-state index in [4.69, 9.17) is 4.74 Å². The molecule has 0 saturated carbocycles. The molecule has 0 amide bonds. The van der Waals surface area contributed by atoms with Crippen LogP contribution < -0.4 is 0 Å². The van der Waals surface area contributed by atoms with Crippen molar-refractivity contribution >= 4 is 5.97 Å². The minimum absolute atomic E-state index is 0.222. The lowest BCUT2D eigenvalue weighted by Gasteiger charge is -2.40. The molecular weight excluding hydrogens is 214 g/mol. The molecule has 0 aromatic heterocycles.